The molecule has 0 bridgehead atoms. The molecule has 2 saturated heterocycles. The lowest BCUT2D eigenvalue weighted by Gasteiger charge is -2.27. The molecule has 0 spiro atoms. The Labute approximate surface area is 332 Å². The Bertz CT molecular complexity index is 2140. The number of nitrogens with two attached hydrogens (primary N) is 2. The second-order valence-electron chi connectivity index (χ2n) is 12.3. The van der Waals surface area contributed by atoms with E-state index in [4.69, 9.17) is 50.3 Å². The molecule has 2 aromatic rings. The molecule has 2 fully saturated rings. The van der Waals surface area contributed by atoms with Crippen molar-refractivity contribution < 1.29 is 123 Å². The summed E-state index contributed by atoms with van der Waals surface area (Å²) < 4.78 is 102. The van der Waals surface area contributed by atoms with Gasteiger partial charge in [-0.25, -0.2) is 37.0 Å². The molecule has 2 aliphatic rings. The van der Waals surface area contributed by atoms with Gasteiger partial charge in [0.25, 0.3) is 0 Å². The Morgan fingerprint density at radius 3 is 1.18 bits per heavy atom. The van der Waals surface area contributed by atoms with Gasteiger partial charge < -0.3 is 80.5 Å². The van der Waals surface area contributed by atoms with Crippen LogP contribution in [-0.4, -0.2) is 128 Å². The molecule has 34 nitrogen and oxygen atoms in total. The second-order valence-corrected chi connectivity index (χ2v) is 21.1. The van der Waals surface area contributed by atoms with E-state index < -0.39 is 120 Å². The quantitative estimate of drug-likeness (QED) is 0.0721. The first-order valence-electron chi connectivity index (χ1n) is 15.2. The maximum absolute atomic E-state index is 11.9. The fraction of sp³-hybridized carbons (Fsp3) is 0.600. The van der Waals surface area contributed by atoms with Crippen molar-refractivity contribution >= 4 is 58.6 Å². The minimum Gasteiger partial charge on any atom is -0.387 e. The molecule has 344 valence electrons. The highest BCUT2D eigenvalue weighted by atomic mass is 31.3. The van der Waals surface area contributed by atoms with Crippen molar-refractivity contribution in [2.24, 2.45) is 0 Å². The summed E-state index contributed by atoms with van der Waals surface area (Å²) in [7, 11) is -33.5. The van der Waals surface area contributed by atoms with Crippen molar-refractivity contribution in [3.63, 3.8) is 0 Å². The van der Waals surface area contributed by atoms with Gasteiger partial charge in [0.05, 0.1) is 13.2 Å². The SMILES string of the molecule is C[C@@]1(O)C(O)[C@@H](COP(=O)(O)OP(=O)(O)OP(=O)(O)O)O[C@H]1n1ccc(N)nc1=O.C[C@]1(O)C(O)[C@@H](COP(=O)(O)OP(=O)(O)OP(=O)(O)O)O[C@H]1n1ccc(N)nc1=O. The number of aliphatic hydroxyl groups excluding tert-OH is 2. The van der Waals surface area contributed by atoms with Crippen molar-refractivity contribution in [2.75, 3.05) is 24.7 Å². The van der Waals surface area contributed by atoms with Gasteiger partial charge in [-0.15, -0.1) is 0 Å². The fourth-order valence-corrected chi connectivity index (χ4v) is 11.0. The highest BCUT2D eigenvalue weighted by molar-refractivity contribution is 7.67. The molecule has 0 saturated carbocycles. The number of phosphoric ester groups is 2. The van der Waals surface area contributed by atoms with Crippen molar-refractivity contribution in [1.29, 1.82) is 0 Å². The Morgan fingerprint density at radius 2 is 0.917 bits per heavy atom. The lowest BCUT2D eigenvalue weighted by atomic mass is 9.96. The zero-order valence-electron chi connectivity index (χ0n) is 29.7. The van der Waals surface area contributed by atoms with Gasteiger partial charge in [-0.1, -0.05) is 0 Å². The predicted octanol–water partition coefficient (Wildman–Crippen LogP) is -3.64. The largest absolute Gasteiger partial charge is 0.490 e. The molecule has 40 heteroatoms. The van der Waals surface area contributed by atoms with E-state index >= 15 is 0 Å². The van der Waals surface area contributed by atoms with E-state index in [1.807, 2.05) is 0 Å². The third-order valence-electron chi connectivity index (χ3n) is 7.35. The molecule has 2 aliphatic heterocycles. The molecule has 0 aliphatic carbocycles. The standard InChI is InChI=1S/2C10H18N3O14P3/c2*1-10(16)7(14)5(25-8(10)13-3-2-6(11)12-9(13)15)4-24-29(20,21)27-30(22,23)26-28(17,18)19/h2*2-3,5,7-8,14,16H,4H2,1H3,(H,20,21)(H,22,23)(H2,11,12,15)(H2,17,18,19)/t5-,7?,8-,10+;5-,7?,8-,10-/m11/s1. The summed E-state index contributed by atoms with van der Waals surface area (Å²) >= 11 is 0. The molecule has 2 aromatic heterocycles. The Morgan fingerprint density at radius 1 is 0.617 bits per heavy atom. The average Bonchev–Trinajstić information content (AvgIpc) is 3.38. The summed E-state index contributed by atoms with van der Waals surface area (Å²) in [4.78, 5) is 102. The van der Waals surface area contributed by atoms with Crippen LogP contribution in [0.3, 0.4) is 0 Å². The maximum Gasteiger partial charge on any atom is 0.490 e. The van der Waals surface area contributed by atoms with Crippen molar-refractivity contribution in [3.8, 4) is 0 Å². The molecule has 0 radical (unpaired) electrons. The van der Waals surface area contributed by atoms with Crippen LogP contribution >= 0.6 is 46.9 Å². The van der Waals surface area contributed by atoms with Gasteiger partial charge in [0.1, 0.15) is 47.3 Å². The topological polar surface area (TPSA) is 541 Å². The normalized spacial score (nSPS) is 31.2. The Balaban J connectivity index is 0.000000320. The Kier molecular flexibility index (Phi) is 16.2. The number of aromatic nitrogens is 4. The van der Waals surface area contributed by atoms with Crippen LogP contribution in [0.4, 0.5) is 11.6 Å². The molecule has 4 rings (SSSR count). The zero-order chi connectivity index (χ0) is 46.2. The third-order valence-corrected chi connectivity index (χ3v) is 15.0. The molecular weight excluding hydrogens is 958 g/mol. The van der Waals surface area contributed by atoms with E-state index in [1.54, 1.807) is 0 Å². The van der Waals surface area contributed by atoms with Crippen LogP contribution in [0.15, 0.2) is 34.1 Å². The lowest BCUT2D eigenvalue weighted by molar-refractivity contribution is -0.0985. The number of nitrogens with zero attached hydrogens (tertiary/aromatic N) is 4. The van der Waals surface area contributed by atoms with Crippen LogP contribution in [0.5, 0.6) is 0 Å². The maximum atomic E-state index is 11.9. The van der Waals surface area contributed by atoms with Crippen LogP contribution in [-0.2, 0) is 63.2 Å². The van der Waals surface area contributed by atoms with E-state index in [0.717, 1.165) is 35.4 Å². The zero-order valence-corrected chi connectivity index (χ0v) is 35.1. The molecule has 0 amide bonds. The smallest absolute Gasteiger partial charge is 0.387 e. The first-order chi connectivity index (χ1) is 26.9. The Hall–Kier alpha value is -2.06. The van der Waals surface area contributed by atoms with E-state index in [1.165, 1.54) is 12.1 Å². The summed E-state index contributed by atoms with van der Waals surface area (Å²) in [6.07, 6.45) is -7.61. The van der Waals surface area contributed by atoms with Gasteiger partial charge in [0.2, 0.25) is 0 Å². The summed E-state index contributed by atoms with van der Waals surface area (Å²) in [6.45, 7) is 0.0925. The van der Waals surface area contributed by atoms with E-state index in [9.17, 15) is 67.2 Å². The summed E-state index contributed by atoms with van der Waals surface area (Å²) in [5, 5.41) is 41.4. The van der Waals surface area contributed by atoms with Crippen LogP contribution in [0.25, 0.3) is 0 Å². The van der Waals surface area contributed by atoms with E-state index in [-0.39, 0.29) is 11.6 Å². The summed E-state index contributed by atoms with van der Waals surface area (Å²) in [5.41, 5.74) is 4.57. The number of aliphatic hydroxyl groups is 4. The molecule has 16 N–H and O–H groups in total. The van der Waals surface area contributed by atoms with E-state index in [0.29, 0.717) is 0 Å². The van der Waals surface area contributed by atoms with Gasteiger partial charge in [0, 0.05) is 12.4 Å². The van der Waals surface area contributed by atoms with Crippen LogP contribution in [0, 0.1) is 0 Å². The van der Waals surface area contributed by atoms with Crippen LogP contribution < -0.4 is 22.8 Å². The van der Waals surface area contributed by atoms with Crippen molar-refractivity contribution in [1.82, 2.24) is 19.1 Å². The monoisotopic (exact) mass is 994 g/mol. The van der Waals surface area contributed by atoms with Gasteiger partial charge in [-0.05, 0) is 26.0 Å². The second kappa shape index (κ2) is 18.6. The molecule has 60 heavy (non-hydrogen) atoms. The van der Waals surface area contributed by atoms with Gasteiger partial charge in [-0.2, -0.15) is 27.2 Å². The van der Waals surface area contributed by atoms with Crippen LogP contribution in [0.2, 0.25) is 0 Å². The number of hydrogen-bond donors (Lipinski definition) is 14. The molecular formula is C20H36N6O28P6. The number of hydrogen-bond acceptors (Lipinski definition) is 24. The number of ether oxygens (including phenoxy) is 2. The van der Waals surface area contributed by atoms with Crippen LogP contribution in [0.1, 0.15) is 26.3 Å². The van der Waals surface area contributed by atoms with Gasteiger partial charge >= 0.3 is 58.3 Å². The minimum atomic E-state index is -5.73. The van der Waals surface area contributed by atoms with Gasteiger partial charge in [-0.3, -0.25) is 18.2 Å². The molecule has 12 atom stereocenters. The first-order valence-corrected chi connectivity index (χ1v) is 24.3. The fourth-order valence-electron chi connectivity index (χ4n) is 4.91. The number of phosphoric acid groups is 6. The number of rotatable bonds is 16. The van der Waals surface area contributed by atoms with E-state index in [2.05, 4.69) is 36.3 Å². The van der Waals surface area contributed by atoms with Gasteiger partial charge in [0.15, 0.2) is 12.5 Å². The third kappa shape index (κ3) is 14.5. The molecule has 4 heterocycles. The average molecular weight is 994 g/mol. The highest BCUT2D eigenvalue weighted by Gasteiger charge is 2.56. The molecule has 6 unspecified atom stereocenters. The number of nitrogen functional groups attached to an aromatic ring is 2. The first kappa shape index (κ1) is 52.3. The lowest BCUT2D eigenvalue weighted by Crippen LogP contribution is -2.46. The predicted molar refractivity (Wildman–Crippen MR) is 187 cm³/mol. The van der Waals surface area contributed by atoms with Crippen molar-refractivity contribution in [2.45, 2.75) is 61.9 Å². The summed E-state index contributed by atoms with van der Waals surface area (Å²) in [6, 6.07) is 2.40. The molecule has 0 aromatic carbocycles. The minimum absolute atomic E-state index is 0.126. The highest BCUT2D eigenvalue weighted by Crippen LogP contribution is 2.67. The number of anilines is 2. The summed E-state index contributed by atoms with van der Waals surface area (Å²) in [5.74, 6) is -0.253. The van der Waals surface area contributed by atoms with Crippen molar-refractivity contribution in [3.05, 3.63) is 45.5 Å².